The van der Waals surface area contributed by atoms with Crippen LogP contribution in [0, 0.1) is 0 Å². The molecule has 0 aromatic heterocycles. The largest absolute Gasteiger partial charge is 0.416 e. The maximum absolute atomic E-state index is 12.9. The highest BCUT2D eigenvalue weighted by atomic mass is 19.4. The Morgan fingerprint density at radius 2 is 2.18 bits per heavy atom. The summed E-state index contributed by atoms with van der Waals surface area (Å²) in [5.41, 5.74) is 0.415. The van der Waals surface area contributed by atoms with E-state index in [4.69, 9.17) is 0 Å². The van der Waals surface area contributed by atoms with Gasteiger partial charge in [-0.3, -0.25) is 0 Å². The van der Waals surface area contributed by atoms with Gasteiger partial charge in [-0.25, -0.2) is 0 Å². The third-order valence-corrected chi connectivity index (χ3v) is 2.96. The molecule has 0 bridgehead atoms. The fourth-order valence-electron chi connectivity index (χ4n) is 2.29. The molecule has 0 saturated carbocycles. The van der Waals surface area contributed by atoms with Crippen LogP contribution in [0.4, 0.5) is 18.9 Å². The van der Waals surface area contributed by atoms with E-state index in [0.717, 1.165) is 6.07 Å². The molecule has 1 aliphatic heterocycles. The van der Waals surface area contributed by atoms with Crippen LogP contribution in [0.15, 0.2) is 18.2 Å². The van der Waals surface area contributed by atoms with E-state index in [2.05, 4.69) is 10.6 Å². The van der Waals surface area contributed by atoms with Crippen molar-refractivity contribution in [1.29, 1.82) is 0 Å². The van der Waals surface area contributed by atoms with E-state index >= 15 is 0 Å². The number of nitrogens with one attached hydrogen (secondary N) is 2. The van der Waals surface area contributed by atoms with Gasteiger partial charge in [-0.05, 0) is 25.1 Å². The van der Waals surface area contributed by atoms with Crippen LogP contribution < -0.4 is 10.6 Å². The van der Waals surface area contributed by atoms with Gasteiger partial charge in [0.1, 0.15) is 0 Å². The summed E-state index contributed by atoms with van der Waals surface area (Å²) in [5, 5.41) is 6.14. The maximum atomic E-state index is 12.9. The Bertz CT molecular complexity index is 401. The lowest BCUT2D eigenvalue weighted by Crippen LogP contribution is -2.30. The van der Waals surface area contributed by atoms with E-state index < -0.39 is 11.7 Å². The summed E-state index contributed by atoms with van der Waals surface area (Å²) in [6.07, 6.45) is -3.62. The van der Waals surface area contributed by atoms with Crippen molar-refractivity contribution in [3.8, 4) is 0 Å². The average Bonchev–Trinajstić information content (AvgIpc) is 2.28. The highest BCUT2D eigenvalue weighted by molar-refractivity contribution is 5.58. The Hall–Kier alpha value is -1.23. The molecule has 2 nitrogen and oxygen atoms in total. The highest BCUT2D eigenvalue weighted by Crippen LogP contribution is 2.40. The Kier molecular flexibility index (Phi) is 3.28. The average molecular weight is 244 g/mol. The van der Waals surface area contributed by atoms with Gasteiger partial charge >= 0.3 is 6.18 Å². The normalized spacial score (nSPS) is 19.6. The lowest BCUT2D eigenvalue weighted by atomic mass is 9.92. The van der Waals surface area contributed by atoms with Gasteiger partial charge in [0.15, 0.2) is 0 Å². The monoisotopic (exact) mass is 244 g/mol. The van der Waals surface area contributed by atoms with Gasteiger partial charge in [0.25, 0.3) is 0 Å². The van der Waals surface area contributed by atoms with Crippen LogP contribution in [0.2, 0.25) is 0 Å². The second kappa shape index (κ2) is 4.56. The van der Waals surface area contributed by atoms with Gasteiger partial charge in [-0.15, -0.1) is 0 Å². The number of rotatable bonds is 2. The smallest absolute Gasteiger partial charge is 0.385 e. The Labute approximate surface area is 98.2 Å². The summed E-state index contributed by atoms with van der Waals surface area (Å²) in [6, 6.07) is 4.09. The molecule has 1 heterocycles. The van der Waals surface area contributed by atoms with Gasteiger partial charge < -0.3 is 10.6 Å². The van der Waals surface area contributed by atoms with E-state index in [1.807, 2.05) is 6.92 Å². The number of alkyl halides is 3. The molecule has 1 aromatic rings. The molecule has 0 spiro atoms. The molecule has 1 atom stereocenters. The molecule has 0 amide bonds. The molecule has 2 rings (SSSR count). The van der Waals surface area contributed by atoms with Crippen molar-refractivity contribution in [2.45, 2.75) is 25.6 Å². The molecular formula is C12H15F3N2. The predicted octanol–water partition coefficient (Wildman–Crippen LogP) is 3.17. The van der Waals surface area contributed by atoms with Crippen LogP contribution in [0.1, 0.15) is 30.5 Å². The number of benzene rings is 1. The third-order valence-electron chi connectivity index (χ3n) is 2.96. The van der Waals surface area contributed by atoms with E-state index in [0.29, 0.717) is 30.8 Å². The summed E-state index contributed by atoms with van der Waals surface area (Å²) >= 11 is 0. The van der Waals surface area contributed by atoms with Crippen LogP contribution in [-0.2, 0) is 6.18 Å². The Balaban J connectivity index is 2.49. The lowest BCUT2D eigenvalue weighted by Gasteiger charge is -2.30. The van der Waals surface area contributed by atoms with Crippen LogP contribution in [0.25, 0.3) is 0 Å². The minimum atomic E-state index is -4.29. The summed E-state index contributed by atoms with van der Waals surface area (Å²) < 4.78 is 38.8. The number of hydrogen-bond donors (Lipinski definition) is 2. The molecule has 0 aliphatic carbocycles. The quantitative estimate of drug-likeness (QED) is 0.835. The second-order valence-electron chi connectivity index (χ2n) is 4.09. The van der Waals surface area contributed by atoms with E-state index in [1.165, 1.54) is 6.07 Å². The highest BCUT2D eigenvalue weighted by Gasteiger charge is 2.37. The molecule has 1 unspecified atom stereocenters. The molecule has 17 heavy (non-hydrogen) atoms. The molecule has 0 fully saturated rings. The second-order valence-corrected chi connectivity index (χ2v) is 4.09. The first-order valence-corrected chi connectivity index (χ1v) is 5.71. The Morgan fingerprint density at radius 3 is 2.82 bits per heavy atom. The number of anilines is 1. The Morgan fingerprint density at radius 1 is 1.41 bits per heavy atom. The molecule has 1 aliphatic rings. The summed E-state index contributed by atoms with van der Waals surface area (Å²) in [4.78, 5) is 0. The first-order valence-electron chi connectivity index (χ1n) is 5.71. The van der Waals surface area contributed by atoms with Crippen molar-refractivity contribution in [3.63, 3.8) is 0 Å². The molecular weight excluding hydrogens is 229 g/mol. The molecule has 94 valence electrons. The summed E-state index contributed by atoms with van der Waals surface area (Å²) in [6.45, 7) is 3.26. The molecule has 2 N–H and O–H groups in total. The van der Waals surface area contributed by atoms with E-state index in [1.54, 1.807) is 6.07 Å². The van der Waals surface area contributed by atoms with Crippen molar-refractivity contribution in [3.05, 3.63) is 29.3 Å². The topological polar surface area (TPSA) is 24.1 Å². The fraction of sp³-hybridized carbons (Fsp3) is 0.500. The summed E-state index contributed by atoms with van der Waals surface area (Å²) in [7, 11) is 0. The number of hydrogen-bond acceptors (Lipinski definition) is 2. The minimum absolute atomic E-state index is 0.214. The first-order chi connectivity index (χ1) is 8.04. The summed E-state index contributed by atoms with van der Waals surface area (Å²) in [5.74, 6) is 0. The maximum Gasteiger partial charge on any atom is 0.416 e. The van der Waals surface area contributed by atoms with Gasteiger partial charge in [-0.2, -0.15) is 13.2 Å². The number of fused-ring (bicyclic) bond motifs is 1. The van der Waals surface area contributed by atoms with Gasteiger partial charge in [0, 0.05) is 23.8 Å². The van der Waals surface area contributed by atoms with Crippen molar-refractivity contribution < 1.29 is 13.2 Å². The standard InChI is InChI=1S/C12H15F3N2/c1-2-16-10-6-7-17-9-5-3-4-8(11(9)10)12(13,14)15/h3-5,10,16-17H,2,6-7H2,1H3. The van der Waals surface area contributed by atoms with Crippen molar-refractivity contribution in [2.75, 3.05) is 18.4 Å². The van der Waals surface area contributed by atoms with Crippen LogP contribution in [0.3, 0.4) is 0 Å². The van der Waals surface area contributed by atoms with E-state index in [9.17, 15) is 13.2 Å². The van der Waals surface area contributed by atoms with E-state index in [-0.39, 0.29) is 6.04 Å². The van der Waals surface area contributed by atoms with Gasteiger partial charge in [-0.1, -0.05) is 13.0 Å². The zero-order valence-corrected chi connectivity index (χ0v) is 9.56. The minimum Gasteiger partial charge on any atom is -0.385 e. The van der Waals surface area contributed by atoms with Crippen LogP contribution >= 0.6 is 0 Å². The zero-order chi connectivity index (χ0) is 12.5. The van der Waals surface area contributed by atoms with Crippen LogP contribution in [0.5, 0.6) is 0 Å². The van der Waals surface area contributed by atoms with Crippen molar-refractivity contribution in [1.82, 2.24) is 5.32 Å². The molecule has 0 radical (unpaired) electrons. The molecule has 1 aromatic carbocycles. The third kappa shape index (κ3) is 2.39. The number of halogens is 3. The molecule has 5 heteroatoms. The van der Waals surface area contributed by atoms with Gasteiger partial charge in [0.2, 0.25) is 0 Å². The predicted molar refractivity (Wildman–Crippen MR) is 61.0 cm³/mol. The van der Waals surface area contributed by atoms with Crippen molar-refractivity contribution >= 4 is 5.69 Å². The van der Waals surface area contributed by atoms with Gasteiger partial charge in [0.05, 0.1) is 5.56 Å². The van der Waals surface area contributed by atoms with Crippen LogP contribution in [-0.4, -0.2) is 13.1 Å². The lowest BCUT2D eigenvalue weighted by molar-refractivity contribution is -0.138. The first kappa shape index (κ1) is 12.2. The fourth-order valence-corrected chi connectivity index (χ4v) is 2.29. The SMILES string of the molecule is CCNC1CCNc2cccc(C(F)(F)F)c21. The van der Waals surface area contributed by atoms with Crippen molar-refractivity contribution in [2.24, 2.45) is 0 Å². The zero-order valence-electron chi connectivity index (χ0n) is 9.56. The molecule has 0 saturated heterocycles.